The van der Waals surface area contributed by atoms with Crippen molar-refractivity contribution in [1.82, 2.24) is 5.32 Å². The van der Waals surface area contributed by atoms with E-state index in [2.05, 4.69) is 10.1 Å². The van der Waals surface area contributed by atoms with Crippen LogP contribution in [0.2, 0.25) is 0 Å². The fraction of sp³-hybridized carbons (Fsp3) is 0.538. The van der Waals surface area contributed by atoms with Crippen molar-refractivity contribution in [2.24, 2.45) is 0 Å². The molecule has 0 aliphatic heterocycles. The molecule has 2 N–H and O–H groups in total. The number of benzene rings is 1. The highest BCUT2D eigenvalue weighted by atomic mass is 19.1. The molecule has 1 aromatic rings. The largest absolute Gasteiger partial charge is 0.494 e. The standard InChI is InChI=1S/C13H19F2NO2/c1-13(2,17)8-16-5-4-9-6-11(15)12(18-3)7-10(9)14/h6-7,16-17H,4-5,8H2,1-3H3. The van der Waals surface area contributed by atoms with Crippen LogP contribution in [0.3, 0.4) is 0 Å². The van der Waals surface area contributed by atoms with Crippen LogP contribution in [0.25, 0.3) is 0 Å². The fourth-order valence-electron chi connectivity index (χ4n) is 1.54. The molecule has 102 valence electrons. The number of halogens is 2. The molecule has 0 aliphatic rings. The Bertz CT molecular complexity index is 403. The monoisotopic (exact) mass is 259 g/mol. The first-order chi connectivity index (χ1) is 8.33. The zero-order valence-electron chi connectivity index (χ0n) is 10.9. The van der Waals surface area contributed by atoms with Gasteiger partial charge in [-0.3, -0.25) is 0 Å². The molecule has 0 aliphatic carbocycles. The number of hydrogen-bond donors (Lipinski definition) is 2. The summed E-state index contributed by atoms with van der Waals surface area (Å²) in [6, 6.07) is 2.18. The average molecular weight is 259 g/mol. The number of nitrogens with one attached hydrogen (secondary N) is 1. The van der Waals surface area contributed by atoms with Crippen LogP contribution in [0.4, 0.5) is 8.78 Å². The van der Waals surface area contributed by atoms with Crippen molar-refractivity contribution < 1.29 is 18.6 Å². The van der Waals surface area contributed by atoms with Gasteiger partial charge in [-0.25, -0.2) is 8.78 Å². The van der Waals surface area contributed by atoms with E-state index in [9.17, 15) is 13.9 Å². The lowest BCUT2D eigenvalue weighted by Crippen LogP contribution is -2.35. The summed E-state index contributed by atoms with van der Waals surface area (Å²) < 4.78 is 31.6. The Morgan fingerprint density at radius 1 is 1.28 bits per heavy atom. The lowest BCUT2D eigenvalue weighted by atomic mass is 10.1. The van der Waals surface area contributed by atoms with Crippen molar-refractivity contribution >= 4 is 0 Å². The minimum atomic E-state index is -0.816. The summed E-state index contributed by atoms with van der Waals surface area (Å²) in [4.78, 5) is 0. The van der Waals surface area contributed by atoms with Gasteiger partial charge in [-0.1, -0.05) is 0 Å². The van der Waals surface area contributed by atoms with E-state index in [0.717, 1.165) is 12.1 Å². The van der Waals surface area contributed by atoms with Gasteiger partial charge in [0.25, 0.3) is 0 Å². The summed E-state index contributed by atoms with van der Waals surface area (Å²) in [5, 5.41) is 12.4. The molecule has 0 spiro atoms. The van der Waals surface area contributed by atoms with E-state index >= 15 is 0 Å². The smallest absolute Gasteiger partial charge is 0.165 e. The minimum absolute atomic E-state index is 0.0966. The Hall–Kier alpha value is -1.20. The van der Waals surface area contributed by atoms with Gasteiger partial charge >= 0.3 is 0 Å². The summed E-state index contributed by atoms with van der Waals surface area (Å²) in [7, 11) is 1.29. The van der Waals surface area contributed by atoms with Crippen LogP contribution < -0.4 is 10.1 Å². The van der Waals surface area contributed by atoms with Crippen LogP contribution in [0.5, 0.6) is 5.75 Å². The third-order valence-electron chi connectivity index (χ3n) is 2.45. The van der Waals surface area contributed by atoms with E-state index in [4.69, 9.17) is 0 Å². The number of methoxy groups -OCH3 is 1. The van der Waals surface area contributed by atoms with E-state index in [1.807, 2.05) is 0 Å². The van der Waals surface area contributed by atoms with Gasteiger partial charge < -0.3 is 15.2 Å². The Morgan fingerprint density at radius 2 is 1.94 bits per heavy atom. The normalized spacial score (nSPS) is 11.7. The van der Waals surface area contributed by atoms with Crippen LogP contribution >= 0.6 is 0 Å². The van der Waals surface area contributed by atoms with Crippen molar-refractivity contribution in [3.63, 3.8) is 0 Å². The van der Waals surface area contributed by atoms with Crippen LogP contribution in [-0.2, 0) is 6.42 Å². The Balaban J connectivity index is 2.55. The highest BCUT2D eigenvalue weighted by molar-refractivity contribution is 5.31. The molecule has 0 fully saturated rings. The van der Waals surface area contributed by atoms with Crippen molar-refractivity contribution in [3.8, 4) is 5.75 Å². The van der Waals surface area contributed by atoms with E-state index in [1.165, 1.54) is 7.11 Å². The SMILES string of the molecule is COc1cc(F)c(CCNCC(C)(C)O)cc1F. The van der Waals surface area contributed by atoms with Gasteiger partial charge in [0.15, 0.2) is 11.6 Å². The molecule has 0 amide bonds. The van der Waals surface area contributed by atoms with Gasteiger partial charge in [0.05, 0.1) is 12.7 Å². The third kappa shape index (κ3) is 4.58. The zero-order valence-corrected chi connectivity index (χ0v) is 10.9. The molecule has 5 heteroatoms. The van der Waals surface area contributed by atoms with E-state index in [0.29, 0.717) is 19.5 Å². The molecule has 0 aromatic heterocycles. The summed E-state index contributed by atoms with van der Waals surface area (Å²) in [6.45, 7) is 4.21. The number of rotatable bonds is 6. The molecule has 3 nitrogen and oxygen atoms in total. The zero-order chi connectivity index (χ0) is 13.8. The second kappa shape index (κ2) is 6.11. The van der Waals surface area contributed by atoms with E-state index < -0.39 is 17.2 Å². The molecule has 0 atom stereocenters. The minimum Gasteiger partial charge on any atom is -0.494 e. The summed E-state index contributed by atoms with van der Waals surface area (Å²) >= 11 is 0. The quantitative estimate of drug-likeness (QED) is 0.766. The molecule has 0 saturated heterocycles. The Kier molecular flexibility index (Phi) is 5.04. The maximum Gasteiger partial charge on any atom is 0.165 e. The predicted octanol–water partition coefficient (Wildman–Crippen LogP) is 1.88. The van der Waals surface area contributed by atoms with Crippen LogP contribution in [0.15, 0.2) is 12.1 Å². The van der Waals surface area contributed by atoms with Gasteiger partial charge in [-0.05, 0) is 38.4 Å². The lowest BCUT2D eigenvalue weighted by molar-refractivity contribution is 0.0801. The van der Waals surface area contributed by atoms with Crippen LogP contribution in [0, 0.1) is 11.6 Å². The first-order valence-corrected chi connectivity index (χ1v) is 5.78. The van der Waals surface area contributed by atoms with Gasteiger partial charge in [-0.15, -0.1) is 0 Å². The van der Waals surface area contributed by atoms with Crippen molar-refractivity contribution in [2.75, 3.05) is 20.2 Å². The van der Waals surface area contributed by atoms with Gasteiger partial charge in [0, 0.05) is 12.6 Å². The second-order valence-electron chi connectivity index (χ2n) is 4.82. The molecule has 0 unspecified atom stereocenters. The van der Waals surface area contributed by atoms with Gasteiger partial charge in [0.1, 0.15) is 5.82 Å². The van der Waals surface area contributed by atoms with E-state index in [-0.39, 0.29) is 11.3 Å². The molecular formula is C13H19F2NO2. The molecule has 0 radical (unpaired) electrons. The third-order valence-corrected chi connectivity index (χ3v) is 2.45. The molecule has 1 rings (SSSR count). The van der Waals surface area contributed by atoms with Crippen LogP contribution in [-0.4, -0.2) is 30.9 Å². The lowest BCUT2D eigenvalue weighted by Gasteiger charge is -2.17. The first-order valence-electron chi connectivity index (χ1n) is 5.78. The topological polar surface area (TPSA) is 41.5 Å². The molecule has 18 heavy (non-hydrogen) atoms. The summed E-state index contributed by atoms with van der Waals surface area (Å²) in [5.41, 5.74) is -0.527. The van der Waals surface area contributed by atoms with E-state index in [1.54, 1.807) is 13.8 Å². The van der Waals surface area contributed by atoms with Crippen molar-refractivity contribution in [1.29, 1.82) is 0 Å². The second-order valence-corrected chi connectivity index (χ2v) is 4.82. The molecular weight excluding hydrogens is 240 g/mol. The average Bonchev–Trinajstić information content (AvgIpc) is 2.27. The molecule has 0 bridgehead atoms. The predicted molar refractivity (Wildman–Crippen MR) is 65.8 cm³/mol. The maximum absolute atomic E-state index is 13.6. The highest BCUT2D eigenvalue weighted by Crippen LogP contribution is 2.21. The maximum atomic E-state index is 13.6. The summed E-state index contributed by atoms with van der Waals surface area (Å²) in [6.07, 6.45) is 0.350. The number of ether oxygens (including phenoxy) is 1. The number of aliphatic hydroxyl groups is 1. The highest BCUT2D eigenvalue weighted by Gasteiger charge is 2.12. The fourth-order valence-corrected chi connectivity index (χ4v) is 1.54. The molecule has 0 heterocycles. The summed E-state index contributed by atoms with van der Waals surface area (Å²) in [5.74, 6) is -1.16. The van der Waals surface area contributed by atoms with Crippen molar-refractivity contribution in [2.45, 2.75) is 25.9 Å². The van der Waals surface area contributed by atoms with Crippen LogP contribution in [0.1, 0.15) is 19.4 Å². The Labute approximate surface area is 106 Å². The van der Waals surface area contributed by atoms with Gasteiger partial charge in [0.2, 0.25) is 0 Å². The first kappa shape index (κ1) is 14.9. The molecule has 0 saturated carbocycles. The van der Waals surface area contributed by atoms with Gasteiger partial charge in [-0.2, -0.15) is 0 Å². The van der Waals surface area contributed by atoms with Crippen molar-refractivity contribution in [3.05, 3.63) is 29.3 Å². The Morgan fingerprint density at radius 3 is 2.50 bits per heavy atom. The number of hydrogen-bond acceptors (Lipinski definition) is 3. The molecule has 1 aromatic carbocycles.